The van der Waals surface area contributed by atoms with Crippen molar-refractivity contribution in [2.75, 3.05) is 13.2 Å². The van der Waals surface area contributed by atoms with Gasteiger partial charge in [0.15, 0.2) is 0 Å². The highest BCUT2D eigenvalue weighted by atomic mass is 16.5. The van der Waals surface area contributed by atoms with Crippen molar-refractivity contribution in [2.24, 2.45) is 23.7 Å². The molecular weight excluding hydrogens is 268 g/mol. The number of unbranched alkanes of at least 4 members (excludes halogenated alkanes) is 1. The Kier molecular flexibility index (Phi) is 8.30. The molecule has 0 unspecified atom stereocenters. The lowest BCUT2D eigenvalue weighted by molar-refractivity contribution is 0.0800. The fraction of sp³-hybridized carbons (Fsp3) is 0.810. The Morgan fingerprint density at radius 1 is 0.955 bits per heavy atom. The maximum Gasteiger partial charge on any atom is 0.0644 e. The zero-order valence-corrected chi connectivity index (χ0v) is 14.6. The van der Waals surface area contributed by atoms with Crippen LogP contribution in [0.3, 0.4) is 0 Å². The topological polar surface area (TPSA) is 9.23 Å². The van der Waals surface area contributed by atoms with Crippen molar-refractivity contribution in [1.82, 2.24) is 0 Å². The second kappa shape index (κ2) is 10.3. The summed E-state index contributed by atoms with van der Waals surface area (Å²) in [6.45, 7) is 7.65. The monoisotopic (exact) mass is 304 g/mol. The van der Waals surface area contributed by atoms with Crippen molar-refractivity contribution >= 4 is 0 Å². The van der Waals surface area contributed by atoms with Gasteiger partial charge >= 0.3 is 0 Å². The van der Waals surface area contributed by atoms with Gasteiger partial charge in [0.25, 0.3) is 0 Å². The molecule has 2 fully saturated rings. The van der Waals surface area contributed by atoms with Crippen LogP contribution in [0.1, 0.15) is 71.1 Å². The summed E-state index contributed by atoms with van der Waals surface area (Å²) >= 11 is 0. The van der Waals surface area contributed by atoms with Crippen LogP contribution in [-0.4, -0.2) is 13.2 Å². The van der Waals surface area contributed by atoms with Gasteiger partial charge in [0.05, 0.1) is 6.61 Å². The van der Waals surface area contributed by atoms with Gasteiger partial charge in [-0.05, 0) is 81.5 Å². The number of hydrogen-bond donors (Lipinski definition) is 0. The van der Waals surface area contributed by atoms with Crippen LogP contribution < -0.4 is 0 Å². The van der Waals surface area contributed by atoms with Crippen molar-refractivity contribution < 1.29 is 4.74 Å². The van der Waals surface area contributed by atoms with Gasteiger partial charge in [-0.15, -0.1) is 6.58 Å². The fourth-order valence-electron chi connectivity index (χ4n) is 4.41. The standard InChI is InChI=1S/C21H36O/c1-3-5-6-7-18-8-12-20(13-9-18)21-14-10-19(11-15-21)17-22-16-4-2/h4,6-7,18-21H,2-3,5,8-17H2,1H3/b7-6+. The molecule has 0 N–H and O–H groups in total. The molecule has 2 rings (SSSR count). The zero-order valence-electron chi connectivity index (χ0n) is 14.6. The highest BCUT2D eigenvalue weighted by molar-refractivity contribution is 4.92. The lowest BCUT2D eigenvalue weighted by Crippen LogP contribution is -2.26. The van der Waals surface area contributed by atoms with Crippen LogP contribution in [0.15, 0.2) is 24.8 Å². The maximum absolute atomic E-state index is 5.64. The van der Waals surface area contributed by atoms with E-state index in [9.17, 15) is 0 Å². The average Bonchev–Trinajstić information content (AvgIpc) is 2.57. The molecule has 0 saturated heterocycles. The van der Waals surface area contributed by atoms with E-state index in [4.69, 9.17) is 4.74 Å². The van der Waals surface area contributed by atoms with Crippen molar-refractivity contribution in [2.45, 2.75) is 71.1 Å². The molecule has 1 heteroatoms. The molecular formula is C21H36O. The van der Waals surface area contributed by atoms with E-state index in [1.165, 1.54) is 64.2 Å². The van der Waals surface area contributed by atoms with Crippen LogP contribution in [-0.2, 0) is 4.74 Å². The highest BCUT2D eigenvalue weighted by Crippen LogP contribution is 2.41. The predicted octanol–water partition coefficient (Wildman–Crippen LogP) is 6.16. The Hall–Kier alpha value is -0.560. The van der Waals surface area contributed by atoms with E-state index in [2.05, 4.69) is 25.7 Å². The van der Waals surface area contributed by atoms with Crippen molar-refractivity contribution in [1.29, 1.82) is 0 Å². The minimum Gasteiger partial charge on any atom is -0.377 e. The quantitative estimate of drug-likeness (QED) is 0.385. The Morgan fingerprint density at radius 3 is 2.18 bits per heavy atom. The van der Waals surface area contributed by atoms with E-state index in [-0.39, 0.29) is 0 Å². The van der Waals surface area contributed by atoms with E-state index in [1.807, 2.05) is 6.08 Å². The molecule has 0 aromatic heterocycles. The molecule has 2 aliphatic carbocycles. The Morgan fingerprint density at radius 2 is 1.59 bits per heavy atom. The minimum absolute atomic E-state index is 0.718. The first-order chi connectivity index (χ1) is 10.8. The molecule has 0 radical (unpaired) electrons. The van der Waals surface area contributed by atoms with Gasteiger partial charge in [-0.1, -0.05) is 31.6 Å². The summed E-state index contributed by atoms with van der Waals surface area (Å²) in [6, 6.07) is 0. The number of allylic oxidation sites excluding steroid dienone is 2. The lowest BCUT2D eigenvalue weighted by Gasteiger charge is -2.37. The van der Waals surface area contributed by atoms with Crippen LogP contribution in [0.2, 0.25) is 0 Å². The first-order valence-electron chi connectivity index (χ1n) is 9.68. The average molecular weight is 305 g/mol. The minimum atomic E-state index is 0.718. The summed E-state index contributed by atoms with van der Waals surface area (Å²) < 4.78 is 5.64. The molecule has 0 bridgehead atoms. The van der Waals surface area contributed by atoms with Gasteiger partial charge in [0.2, 0.25) is 0 Å². The van der Waals surface area contributed by atoms with Crippen molar-refractivity contribution in [3.8, 4) is 0 Å². The summed E-state index contributed by atoms with van der Waals surface area (Å²) in [4.78, 5) is 0. The SMILES string of the molecule is C=CCOCC1CCC(C2CCC(/C=C/CCC)CC2)CC1. The second-order valence-electron chi connectivity index (χ2n) is 7.50. The Labute approximate surface area is 138 Å². The summed E-state index contributed by atoms with van der Waals surface area (Å²) in [5, 5.41) is 0. The fourth-order valence-corrected chi connectivity index (χ4v) is 4.41. The van der Waals surface area contributed by atoms with E-state index in [0.29, 0.717) is 0 Å². The van der Waals surface area contributed by atoms with Crippen LogP contribution >= 0.6 is 0 Å². The lowest BCUT2D eigenvalue weighted by atomic mass is 9.69. The zero-order chi connectivity index (χ0) is 15.6. The van der Waals surface area contributed by atoms with Crippen LogP contribution in [0.25, 0.3) is 0 Å². The molecule has 0 aromatic carbocycles. The van der Waals surface area contributed by atoms with Crippen molar-refractivity contribution in [3.63, 3.8) is 0 Å². The van der Waals surface area contributed by atoms with Gasteiger partial charge in [-0.25, -0.2) is 0 Å². The molecule has 2 aliphatic rings. The summed E-state index contributed by atoms with van der Waals surface area (Å²) in [7, 11) is 0. The molecule has 0 heterocycles. The molecule has 2 saturated carbocycles. The number of rotatable bonds is 8. The third kappa shape index (κ3) is 5.91. The summed E-state index contributed by atoms with van der Waals surface area (Å²) in [5.41, 5.74) is 0. The van der Waals surface area contributed by atoms with E-state index in [1.54, 1.807) is 0 Å². The normalized spacial score (nSPS) is 33.1. The van der Waals surface area contributed by atoms with E-state index in [0.717, 1.165) is 36.9 Å². The second-order valence-corrected chi connectivity index (χ2v) is 7.50. The van der Waals surface area contributed by atoms with E-state index >= 15 is 0 Å². The molecule has 0 amide bonds. The predicted molar refractivity (Wildman–Crippen MR) is 96.0 cm³/mol. The van der Waals surface area contributed by atoms with Crippen LogP contribution in [0.5, 0.6) is 0 Å². The molecule has 126 valence electrons. The Bertz CT molecular complexity index is 317. The maximum atomic E-state index is 5.64. The van der Waals surface area contributed by atoms with Gasteiger partial charge in [0, 0.05) is 6.61 Å². The number of hydrogen-bond acceptors (Lipinski definition) is 1. The Balaban J connectivity index is 1.63. The largest absolute Gasteiger partial charge is 0.377 e. The van der Waals surface area contributed by atoms with Gasteiger partial charge in [-0.2, -0.15) is 0 Å². The third-order valence-corrected chi connectivity index (χ3v) is 5.83. The third-order valence-electron chi connectivity index (χ3n) is 5.83. The van der Waals surface area contributed by atoms with Gasteiger partial charge in [-0.3, -0.25) is 0 Å². The van der Waals surface area contributed by atoms with Crippen LogP contribution in [0, 0.1) is 23.7 Å². The van der Waals surface area contributed by atoms with Crippen LogP contribution in [0.4, 0.5) is 0 Å². The molecule has 22 heavy (non-hydrogen) atoms. The first-order valence-corrected chi connectivity index (χ1v) is 9.68. The van der Waals surface area contributed by atoms with E-state index < -0.39 is 0 Å². The first kappa shape index (κ1) is 17.8. The molecule has 0 aromatic rings. The number of ether oxygens (including phenoxy) is 1. The molecule has 1 nitrogen and oxygen atoms in total. The van der Waals surface area contributed by atoms with Crippen molar-refractivity contribution in [3.05, 3.63) is 24.8 Å². The smallest absolute Gasteiger partial charge is 0.0644 e. The molecule has 0 atom stereocenters. The van der Waals surface area contributed by atoms with Gasteiger partial charge in [0.1, 0.15) is 0 Å². The molecule has 0 aliphatic heterocycles. The summed E-state index contributed by atoms with van der Waals surface area (Å²) in [6.07, 6.45) is 20.8. The highest BCUT2D eigenvalue weighted by Gasteiger charge is 2.30. The van der Waals surface area contributed by atoms with Gasteiger partial charge < -0.3 is 4.74 Å². The summed E-state index contributed by atoms with van der Waals surface area (Å²) in [5.74, 6) is 3.72. The molecule has 0 spiro atoms.